The first-order valence-electron chi connectivity index (χ1n) is 5.08. The summed E-state index contributed by atoms with van der Waals surface area (Å²) in [5, 5.41) is 11.5. The minimum atomic E-state index is -1.11. The topological polar surface area (TPSA) is 75.6 Å². The normalized spacial score (nSPS) is 9.61. The van der Waals surface area contributed by atoms with Gasteiger partial charge in [0.1, 0.15) is 11.3 Å². The zero-order valence-electron chi connectivity index (χ0n) is 9.48. The predicted octanol–water partition coefficient (Wildman–Crippen LogP) is 1.83. The van der Waals surface area contributed by atoms with Gasteiger partial charge in [0, 0.05) is 11.0 Å². The number of hydrogen-bond donors (Lipinski definition) is 2. The Morgan fingerprint density at radius 1 is 1.50 bits per heavy atom. The number of nitrogens with one attached hydrogen (secondary N) is 1. The fraction of sp³-hybridized carbons (Fsp3) is 0.167. The molecule has 1 rings (SSSR count). The molecule has 6 heteroatoms. The average Bonchev–Trinajstić information content (AvgIpc) is 2.33. The van der Waals surface area contributed by atoms with Crippen LogP contribution in [0.2, 0.25) is 0 Å². The highest BCUT2D eigenvalue weighted by Crippen LogP contribution is 2.23. The number of hydrogen-bond acceptors (Lipinski definition) is 3. The van der Waals surface area contributed by atoms with Gasteiger partial charge < -0.3 is 15.2 Å². The number of aromatic carboxylic acids is 1. The summed E-state index contributed by atoms with van der Waals surface area (Å²) in [6.07, 6.45) is 1.54. The molecule has 0 unspecified atom stereocenters. The molecular formula is C12H12BrNO4. The van der Waals surface area contributed by atoms with Crippen molar-refractivity contribution in [2.45, 2.75) is 0 Å². The Bertz CT molecular complexity index is 473. The number of halogens is 1. The fourth-order valence-electron chi connectivity index (χ4n) is 1.17. The Labute approximate surface area is 113 Å². The number of carboxylic acid groups (broad SMARTS) is 1. The minimum Gasteiger partial charge on any atom is -0.483 e. The molecule has 0 bridgehead atoms. The number of carboxylic acids is 1. The number of carbonyl (C=O) groups excluding carboxylic acids is 1. The van der Waals surface area contributed by atoms with Crippen molar-refractivity contribution in [3.8, 4) is 5.75 Å². The van der Waals surface area contributed by atoms with E-state index >= 15 is 0 Å². The average molecular weight is 314 g/mol. The summed E-state index contributed by atoms with van der Waals surface area (Å²) in [7, 11) is 0. The van der Waals surface area contributed by atoms with Gasteiger partial charge in [0.15, 0.2) is 6.61 Å². The molecule has 0 aliphatic heterocycles. The highest BCUT2D eigenvalue weighted by Gasteiger charge is 2.12. The highest BCUT2D eigenvalue weighted by atomic mass is 79.9. The second kappa shape index (κ2) is 6.80. The van der Waals surface area contributed by atoms with E-state index in [0.29, 0.717) is 11.0 Å². The van der Waals surface area contributed by atoms with Crippen molar-refractivity contribution >= 4 is 27.8 Å². The molecule has 0 radical (unpaired) electrons. The molecule has 0 aliphatic rings. The Balaban J connectivity index is 2.71. The van der Waals surface area contributed by atoms with Crippen LogP contribution in [0.25, 0.3) is 0 Å². The van der Waals surface area contributed by atoms with Crippen molar-refractivity contribution in [3.63, 3.8) is 0 Å². The molecular weight excluding hydrogens is 302 g/mol. The van der Waals surface area contributed by atoms with Crippen LogP contribution < -0.4 is 10.1 Å². The molecule has 18 heavy (non-hydrogen) atoms. The third-order valence-electron chi connectivity index (χ3n) is 1.98. The maximum Gasteiger partial charge on any atom is 0.339 e. The van der Waals surface area contributed by atoms with Gasteiger partial charge in [-0.1, -0.05) is 22.0 Å². The SMILES string of the molecule is C=CCNC(=O)COc1cc(Br)ccc1C(=O)O. The molecule has 0 saturated carbocycles. The molecule has 96 valence electrons. The van der Waals surface area contributed by atoms with Gasteiger partial charge in [-0.3, -0.25) is 4.79 Å². The number of rotatable bonds is 6. The summed E-state index contributed by atoms with van der Waals surface area (Å²) in [5.41, 5.74) is 0.00900. The van der Waals surface area contributed by atoms with Gasteiger partial charge in [-0.25, -0.2) is 4.79 Å². The zero-order valence-corrected chi connectivity index (χ0v) is 11.1. The lowest BCUT2D eigenvalue weighted by Gasteiger charge is -2.09. The van der Waals surface area contributed by atoms with Crippen molar-refractivity contribution in [1.82, 2.24) is 5.32 Å². The van der Waals surface area contributed by atoms with Crippen molar-refractivity contribution in [2.75, 3.05) is 13.2 Å². The third-order valence-corrected chi connectivity index (χ3v) is 2.47. The van der Waals surface area contributed by atoms with Crippen LogP contribution in [0.4, 0.5) is 0 Å². The number of benzene rings is 1. The van der Waals surface area contributed by atoms with Crippen LogP contribution in [0.5, 0.6) is 5.75 Å². The number of carbonyl (C=O) groups is 2. The van der Waals surface area contributed by atoms with E-state index in [9.17, 15) is 9.59 Å². The van der Waals surface area contributed by atoms with Crippen molar-refractivity contribution in [1.29, 1.82) is 0 Å². The van der Waals surface area contributed by atoms with Crippen LogP contribution in [0.1, 0.15) is 10.4 Å². The summed E-state index contributed by atoms with van der Waals surface area (Å²) in [4.78, 5) is 22.2. The maximum atomic E-state index is 11.3. The van der Waals surface area contributed by atoms with E-state index in [1.807, 2.05) is 0 Å². The Morgan fingerprint density at radius 3 is 2.83 bits per heavy atom. The Kier molecular flexibility index (Phi) is 5.38. The second-order valence-corrected chi connectivity index (χ2v) is 4.24. The largest absolute Gasteiger partial charge is 0.483 e. The van der Waals surface area contributed by atoms with Crippen LogP contribution in [0.15, 0.2) is 35.3 Å². The second-order valence-electron chi connectivity index (χ2n) is 3.33. The molecule has 0 saturated heterocycles. The molecule has 0 fully saturated rings. The first-order chi connectivity index (χ1) is 8.54. The van der Waals surface area contributed by atoms with Crippen LogP contribution in [-0.2, 0) is 4.79 Å². The molecule has 0 aliphatic carbocycles. The standard InChI is InChI=1S/C12H12BrNO4/c1-2-5-14-11(15)7-18-10-6-8(13)3-4-9(10)12(16)17/h2-4,6H,1,5,7H2,(H,14,15)(H,16,17). The molecule has 1 aromatic carbocycles. The van der Waals surface area contributed by atoms with Crippen molar-refractivity contribution < 1.29 is 19.4 Å². The first kappa shape index (κ1) is 14.2. The van der Waals surface area contributed by atoms with Gasteiger partial charge in [0.05, 0.1) is 0 Å². The Hall–Kier alpha value is -1.82. The van der Waals surface area contributed by atoms with Gasteiger partial charge in [-0.2, -0.15) is 0 Å². The van der Waals surface area contributed by atoms with E-state index in [-0.39, 0.29) is 23.8 Å². The van der Waals surface area contributed by atoms with Gasteiger partial charge in [0.25, 0.3) is 5.91 Å². The van der Waals surface area contributed by atoms with E-state index < -0.39 is 5.97 Å². The molecule has 5 nitrogen and oxygen atoms in total. The number of amides is 1. The Morgan fingerprint density at radius 2 is 2.22 bits per heavy atom. The summed E-state index contributed by atoms with van der Waals surface area (Å²) in [5.74, 6) is -1.30. The highest BCUT2D eigenvalue weighted by molar-refractivity contribution is 9.10. The summed E-state index contributed by atoms with van der Waals surface area (Å²) in [6, 6.07) is 4.50. The molecule has 0 aromatic heterocycles. The van der Waals surface area contributed by atoms with E-state index in [2.05, 4.69) is 27.8 Å². The molecule has 1 aromatic rings. The van der Waals surface area contributed by atoms with Crippen LogP contribution >= 0.6 is 15.9 Å². The lowest BCUT2D eigenvalue weighted by Crippen LogP contribution is -2.29. The molecule has 0 heterocycles. The fourth-order valence-corrected chi connectivity index (χ4v) is 1.51. The van der Waals surface area contributed by atoms with E-state index in [1.54, 1.807) is 12.1 Å². The van der Waals surface area contributed by atoms with Gasteiger partial charge in [0.2, 0.25) is 0 Å². The summed E-state index contributed by atoms with van der Waals surface area (Å²) < 4.78 is 5.86. The van der Waals surface area contributed by atoms with E-state index in [1.165, 1.54) is 12.1 Å². The lowest BCUT2D eigenvalue weighted by molar-refractivity contribution is -0.122. The quantitative estimate of drug-likeness (QED) is 0.786. The van der Waals surface area contributed by atoms with Crippen LogP contribution in [0, 0.1) is 0 Å². The van der Waals surface area contributed by atoms with Gasteiger partial charge in [-0.15, -0.1) is 6.58 Å². The first-order valence-corrected chi connectivity index (χ1v) is 5.87. The predicted molar refractivity (Wildman–Crippen MR) is 69.8 cm³/mol. The van der Waals surface area contributed by atoms with Crippen molar-refractivity contribution in [3.05, 3.63) is 40.9 Å². The molecule has 0 atom stereocenters. The van der Waals surface area contributed by atoms with Gasteiger partial charge >= 0.3 is 5.97 Å². The van der Waals surface area contributed by atoms with E-state index in [4.69, 9.17) is 9.84 Å². The zero-order chi connectivity index (χ0) is 13.5. The van der Waals surface area contributed by atoms with Gasteiger partial charge in [-0.05, 0) is 18.2 Å². The van der Waals surface area contributed by atoms with Crippen LogP contribution in [-0.4, -0.2) is 30.1 Å². The third kappa shape index (κ3) is 4.21. The summed E-state index contributed by atoms with van der Waals surface area (Å²) in [6.45, 7) is 3.55. The molecule has 1 amide bonds. The molecule has 2 N–H and O–H groups in total. The monoisotopic (exact) mass is 313 g/mol. The van der Waals surface area contributed by atoms with E-state index in [0.717, 1.165) is 0 Å². The minimum absolute atomic E-state index is 0.00900. The maximum absolute atomic E-state index is 11.3. The van der Waals surface area contributed by atoms with Crippen LogP contribution in [0.3, 0.4) is 0 Å². The smallest absolute Gasteiger partial charge is 0.339 e. The lowest BCUT2D eigenvalue weighted by atomic mass is 10.2. The molecule has 0 spiro atoms. The summed E-state index contributed by atoms with van der Waals surface area (Å²) >= 11 is 3.21. The number of ether oxygens (including phenoxy) is 1. The van der Waals surface area contributed by atoms with Crippen molar-refractivity contribution in [2.24, 2.45) is 0 Å².